The highest BCUT2D eigenvalue weighted by atomic mass is 19.2. The molecule has 4 aromatic carbocycles. The molecule has 2 atom stereocenters. The molecule has 1 heterocycles. The number of halogens is 4. The number of carbonyl (C=O) groups excluding carboxylic acids is 2. The Balaban J connectivity index is 1.31. The molecule has 9 heteroatoms. The van der Waals surface area contributed by atoms with Crippen molar-refractivity contribution in [3.05, 3.63) is 125 Å². The Kier molecular flexibility index (Phi) is 8.33. The number of likely N-dealkylation sites (tertiary alicyclic amines) is 1. The number of hydrogen-bond donors (Lipinski definition) is 1. The number of nitrogens with zero attached hydrogens (tertiary/aromatic N) is 1. The van der Waals surface area contributed by atoms with Gasteiger partial charge in [-0.2, -0.15) is 0 Å². The van der Waals surface area contributed by atoms with Crippen LogP contribution in [0.15, 0.2) is 91.0 Å². The zero-order chi connectivity index (χ0) is 28.9. The molecule has 1 saturated heterocycles. The van der Waals surface area contributed by atoms with E-state index in [-0.39, 0.29) is 18.3 Å². The van der Waals surface area contributed by atoms with Crippen LogP contribution in [0.25, 0.3) is 0 Å². The molecule has 0 bridgehead atoms. The number of nitrogens with one attached hydrogen (secondary N) is 1. The third kappa shape index (κ3) is 6.74. The molecular weight excluding hydrogens is 536 g/mol. The van der Waals surface area contributed by atoms with Gasteiger partial charge in [-0.3, -0.25) is 9.59 Å². The van der Waals surface area contributed by atoms with E-state index in [9.17, 15) is 27.2 Å². The third-order valence-corrected chi connectivity index (χ3v) is 7.02. The first-order valence-electron chi connectivity index (χ1n) is 13.1. The van der Waals surface area contributed by atoms with Crippen LogP contribution in [0.4, 0.5) is 23.2 Å². The van der Waals surface area contributed by atoms with Crippen LogP contribution in [0.2, 0.25) is 0 Å². The van der Waals surface area contributed by atoms with Crippen LogP contribution >= 0.6 is 0 Å². The van der Waals surface area contributed by atoms with Crippen molar-refractivity contribution >= 4 is 17.5 Å². The molecule has 5 rings (SSSR count). The van der Waals surface area contributed by atoms with E-state index in [0.29, 0.717) is 36.1 Å². The molecule has 1 N–H and O–H groups in total. The Bertz CT molecular complexity index is 1530. The molecule has 1 fully saturated rings. The smallest absolute Gasteiger partial charge is 0.247 e. The van der Waals surface area contributed by atoms with Gasteiger partial charge in [0.15, 0.2) is 11.6 Å². The molecule has 0 aromatic heterocycles. The van der Waals surface area contributed by atoms with Crippen LogP contribution in [0, 0.1) is 29.2 Å². The number of amides is 2. The summed E-state index contributed by atoms with van der Waals surface area (Å²) in [5.74, 6) is -4.37. The van der Waals surface area contributed by atoms with E-state index in [1.165, 1.54) is 29.2 Å². The van der Waals surface area contributed by atoms with Gasteiger partial charge in [0.05, 0.1) is 6.42 Å². The van der Waals surface area contributed by atoms with Crippen molar-refractivity contribution < 1.29 is 31.9 Å². The number of hydrogen-bond acceptors (Lipinski definition) is 3. The summed E-state index contributed by atoms with van der Waals surface area (Å²) in [6.45, 7) is 0.203. The van der Waals surface area contributed by atoms with E-state index in [0.717, 1.165) is 11.6 Å². The second kappa shape index (κ2) is 12.2. The molecule has 0 aliphatic carbocycles. The third-order valence-electron chi connectivity index (χ3n) is 7.02. The molecule has 5 nitrogen and oxygen atoms in total. The summed E-state index contributed by atoms with van der Waals surface area (Å²) >= 11 is 0. The number of carbonyl (C=O) groups is 2. The van der Waals surface area contributed by atoms with Gasteiger partial charge >= 0.3 is 0 Å². The van der Waals surface area contributed by atoms with Crippen LogP contribution in [-0.2, 0) is 22.4 Å². The van der Waals surface area contributed by atoms with E-state index in [1.54, 1.807) is 24.3 Å². The van der Waals surface area contributed by atoms with E-state index in [2.05, 4.69) is 5.32 Å². The summed E-state index contributed by atoms with van der Waals surface area (Å²) in [5.41, 5.74) is 0.810. The Morgan fingerprint density at radius 1 is 0.805 bits per heavy atom. The van der Waals surface area contributed by atoms with Crippen molar-refractivity contribution in [1.29, 1.82) is 0 Å². The number of rotatable bonds is 8. The van der Waals surface area contributed by atoms with Gasteiger partial charge in [-0.25, -0.2) is 17.6 Å². The highest BCUT2D eigenvalue weighted by Gasteiger charge is 2.40. The Morgan fingerprint density at radius 2 is 1.44 bits per heavy atom. The van der Waals surface area contributed by atoms with Gasteiger partial charge < -0.3 is 15.0 Å². The van der Waals surface area contributed by atoms with Crippen LogP contribution < -0.4 is 10.1 Å². The van der Waals surface area contributed by atoms with Gasteiger partial charge in [-0.15, -0.1) is 0 Å². The lowest BCUT2D eigenvalue weighted by molar-refractivity contribution is -0.136. The van der Waals surface area contributed by atoms with E-state index in [4.69, 9.17) is 4.74 Å². The quantitative estimate of drug-likeness (QED) is 0.193. The van der Waals surface area contributed by atoms with Crippen LogP contribution in [0.5, 0.6) is 11.5 Å². The van der Waals surface area contributed by atoms with E-state index in [1.807, 2.05) is 30.3 Å². The van der Waals surface area contributed by atoms with Crippen LogP contribution in [0.3, 0.4) is 0 Å². The average Bonchev–Trinajstić information content (AvgIpc) is 3.40. The van der Waals surface area contributed by atoms with Crippen molar-refractivity contribution in [2.75, 3.05) is 11.9 Å². The number of benzene rings is 4. The van der Waals surface area contributed by atoms with Gasteiger partial charge in [0.1, 0.15) is 29.2 Å². The number of ether oxygens (including phenoxy) is 1. The van der Waals surface area contributed by atoms with Crippen molar-refractivity contribution in [1.82, 2.24) is 4.90 Å². The average molecular weight is 563 g/mol. The predicted octanol–water partition coefficient (Wildman–Crippen LogP) is 6.68. The van der Waals surface area contributed by atoms with E-state index >= 15 is 0 Å². The molecular formula is C32H26F4N2O3. The lowest BCUT2D eigenvalue weighted by Gasteiger charge is -2.24. The zero-order valence-electron chi connectivity index (χ0n) is 21.8. The summed E-state index contributed by atoms with van der Waals surface area (Å²) in [5, 5.41) is 2.80. The lowest BCUT2D eigenvalue weighted by atomic mass is 9.96. The second-order valence-corrected chi connectivity index (χ2v) is 9.92. The summed E-state index contributed by atoms with van der Waals surface area (Å²) in [6, 6.07) is 22.2. The van der Waals surface area contributed by atoms with Gasteiger partial charge in [-0.1, -0.05) is 30.3 Å². The first kappa shape index (κ1) is 27.9. The normalized spacial score (nSPS) is 16.4. The molecule has 41 heavy (non-hydrogen) atoms. The second-order valence-electron chi connectivity index (χ2n) is 9.92. The molecule has 4 aromatic rings. The summed E-state index contributed by atoms with van der Waals surface area (Å²) in [4.78, 5) is 28.0. The maximum absolute atomic E-state index is 14.3. The SMILES string of the molecule is O=C(Nc1ccc(Oc2ccc(F)cc2)cc1)[C@@H]1C[C@@H](Cc2ccccc2)CN1C(=O)Cc1c(F)ccc(F)c1F. The summed E-state index contributed by atoms with van der Waals surface area (Å²) < 4.78 is 61.2. The minimum Gasteiger partial charge on any atom is -0.457 e. The van der Waals surface area contributed by atoms with Gasteiger partial charge in [0, 0.05) is 17.8 Å². The highest BCUT2D eigenvalue weighted by Crippen LogP contribution is 2.30. The Labute approximate surface area is 234 Å². The largest absolute Gasteiger partial charge is 0.457 e. The summed E-state index contributed by atoms with van der Waals surface area (Å²) in [7, 11) is 0. The molecule has 0 saturated carbocycles. The molecule has 1 aliphatic rings. The Morgan fingerprint density at radius 3 is 2.12 bits per heavy atom. The monoisotopic (exact) mass is 562 g/mol. The van der Waals surface area contributed by atoms with Crippen molar-refractivity contribution in [2.45, 2.75) is 25.3 Å². The lowest BCUT2D eigenvalue weighted by Crippen LogP contribution is -2.44. The first-order chi connectivity index (χ1) is 19.8. The molecule has 0 radical (unpaired) electrons. The molecule has 2 amide bonds. The van der Waals surface area contributed by atoms with Gasteiger partial charge in [-0.05, 0) is 85.0 Å². The van der Waals surface area contributed by atoms with Crippen molar-refractivity contribution in [3.63, 3.8) is 0 Å². The standard InChI is InChI=1S/C32H26F4N2O3/c33-22-6-10-24(11-7-22)41-25-12-8-23(9-13-25)37-32(40)29-17-21(16-20-4-2-1-3-5-20)19-38(29)30(39)18-26-27(34)14-15-28(35)31(26)36/h1-15,21,29H,16-19H2,(H,37,40)/t21-,29+/m1/s1. The molecule has 210 valence electrons. The fourth-order valence-corrected chi connectivity index (χ4v) is 5.00. The topological polar surface area (TPSA) is 58.6 Å². The molecule has 0 unspecified atom stereocenters. The summed E-state index contributed by atoms with van der Waals surface area (Å²) in [6.07, 6.45) is 0.228. The highest BCUT2D eigenvalue weighted by molar-refractivity contribution is 5.97. The minimum absolute atomic E-state index is 0.0780. The zero-order valence-corrected chi connectivity index (χ0v) is 21.8. The molecule has 0 spiro atoms. The van der Waals surface area contributed by atoms with Gasteiger partial charge in [0.25, 0.3) is 0 Å². The maximum atomic E-state index is 14.3. The maximum Gasteiger partial charge on any atom is 0.247 e. The van der Waals surface area contributed by atoms with Gasteiger partial charge in [0.2, 0.25) is 11.8 Å². The fourth-order valence-electron chi connectivity index (χ4n) is 5.00. The van der Waals surface area contributed by atoms with Crippen LogP contribution in [0.1, 0.15) is 17.5 Å². The molecule has 1 aliphatic heterocycles. The minimum atomic E-state index is -1.41. The number of anilines is 1. The Hall–Kier alpha value is -4.66. The van der Waals surface area contributed by atoms with Crippen molar-refractivity contribution in [2.24, 2.45) is 5.92 Å². The van der Waals surface area contributed by atoms with Crippen LogP contribution in [-0.4, -0.2) is 29.3 Å². The fraction of sp³-hybridized carbons (Fsp3) is 0.188. The van der Waals surface area contributed by atoms with Crippen molar-refractivity contribution in [3.8, 4) is 11.5 Å². The van der Waals surface area contributed by atoms with E-state index < -0.39 is 47.3 Å². The predicted molar refractivity (Wildman–Crippen MR) is 145 cm³/mol. The first-order valence-corrected chi connectivity index (χ1v) is 13.1.